The van der Waals surface area contributed by atoms with Crippen LogP contribution in [0.1, 0.15) is 28.3 Å². The number of carbonyl (C=O) groups is 1. The zero-order valence-electron chi connectivity index (χ0n) is 10.1. The summed E-state index contributed by atoms with van der Waals surface area (Å²) in [5.74, 6) is -0.946. The molecule has 0 aliphatic heterocycles. The Morgan fingerprint density at radius 2 is 2.26 bits per heavy atom. The first kappa shape index (κ1) is 11.9. The number of hydrogen-bond acceptors (Lipinski definition) is 4. The number of imidazole rings is 1. The van der Waals surface area contributed by atoms with E-state index in [9.17, 15) is 9.90 Å². The number of fused-ring (bicyclic) bond motifs is 1. The maximum absolute atomic E-state index is 11.3. The zero-order chi connectivity index (χ0) is 13.4. The molecule has 0 bridgehead atoms. The molecule has 1 unspecified atom stereocenters. The molecule has 96 valence electrons. The van der Waals surface area contributed by atoms with E-state index in [0.717, 1.165) is 5.01 Å². The molecule has 0 aliphatic rings. The van der Waals surface area contributed by atoms with Crippen LogP contribution in [0.15, 0.2) is 36.1 Å². The summed E-state index contributed by atoms with van der Waals surface area (Å²) in [6.45, 7) is 1.98. The van der Waals surface area contributed by atoms with E-state index in [1.807, 2.05) is 22.9 Å². The van der Waals surface area contributed by atoms with E-state index >= 15 is 0 Å². The maximum atomic E-state index is 11.3. The van der Waals surface area contributed by atoms with E-state index in [0.29, 0.717) is 11.0 Å². The van der Waals surface area contributed by atoms with Gasteiger partial charge in [0, 0.05) is 11.6 Å². The minimum atomic E-state index is -0.946. The van der Waals surface area contributed by atoms with Crippen molar-refractivity contribution in [2.24, 2.45) is 0 Å². The van der Waals surface area contributed by atoms with Crippen LogP contribution in [0.5, 0.6) is 0 Å². The van der Waals surface area contributed by atoms with Gasteiger partial charge in [-0.25, -0.2) is 14.8 Å². The van der Waals surface area contributed by atoms with Crippen LogP contribution >= 0.6 is 11.3 Å². The maximum Gasteiger partial charge on any atom is 0.337 e. The van der Waals surface area contributed by atoms with Gasteiger partial charge in [-0.15, -0.1) is 11.3 Å². The molecule has 0 aliphatic carbocycles. The van der Waals surface area contributed by atoms with Crippen LogP contribution in [0.25, 0.3) is 11.0 Å². The molecule has 1 aromatic carbocycles. The third-order valence-electron chi connectivity index (χ3n) is 3.05. The summed E-state index contributed by atoms with van der Waals surface area (Å²) in [7, 11) is 0. The second-order valence-electron chi connectivity index (χ2n) is 4.18. The van der Waals surface area contributed by atoms with Gasteiger partial charge in [-0.2, -0.15) is 0 Å². The van der Waals surface area contributed by atoms with Gasteiger partial charge in [0.25, 0.3) is 0 Å². The Hall–Kier alpha value is -2.21. The second-order valence-corrected chi connectivity index (χ2v) is 5.10. The lowest BCUT2D eigenvalue weighted by Crippen LogP contribution is -2.08. The van der Waals surface area contributed by atoms with Crippen LogP contribution in [0.2, 0.25) is 0 Å². The van der Waals surface area contributed by atoms with Gasteiger partial charge in [0.1, 0.15) is 5.01 Å². The first-order valence-corrected chi connectivity index (χ1v) is 6.64. The Balaban J connectivity index is 2.22. The fraction of sp³-hybridized carbons (Fsp3) is 0.154. The third kappa shape index (κ3) is 1.90. The van der Waals surface area contributed by atoms with Crippen LogP contribution in [-0.4, -0.2) is 25.6 Å². The van der Waals surface area contributed by atoms with Crippen molar-refractivity contribution >= 4 is 28.3 Å². The molecular weight excluding hydrogens is 262 g/mol. The largest absolute Gasteiger partial charge is 0.478 e. The highest BCUT2D eigenvalue weighted by atomic mass is 32.1. The molecule has 0 amide bonds. The summed E-state index contributed by atoms with van der Waals surface area (Å²) in [5.41, 5.74) is 1.58. The predicted molar refractivity (Wildman–Crippen MR) is 72.6 cm³/mol. The number of benzene rings is 1. The number of carboxylic acids is 1. The molecule has 2 aromatic heterocycles. The summed E-state index contributed by atoms with van der Waals surface area (Å²) in [6, 6.07) is 5.08. The summed E-state index contributed by atoms with van der Waals surface area (Å²) >= 11 is 1.54. The SMILES string of the molecule is CC(c1nccs1)n1cnc2cccc(C(=O)O)c21. The molecular formula is C13H11N3O2S. The molecule has 1 atom stereocenters. The Labute approximate surface area is 113 Å². The van der Waals surface area contributed by atoms with Crippen molar-refractivity contribution in [2.75, 3.05) is 0 Å². The van der Waals surface area contributed by atoms with E-state index in [2.05, 4.69) is 9.97 Å². The smallest absolute Gasteiger partial charge is 0.337 e. The van der Waals surface area contributed by atoms with Crippen LogP contribution in [0.3, 0.4) is 0 Å². The number of aromatic carboxylic acids is 1. The molecule has 0 fully saturated rings. The molecule has 6 heteroatoms. The van der Waals surface area contributed by atoms with E-state index < -0.39 is 5.97 Å². The summed E-state index contributed by atoms with van der Waals surface area (Å²) in [5, 5.41) is 12.1. The topological polar surface area (TPSA) is 68.0 Å². The molecule has 0 saturated carbocycles. The molecule has 5 nitrogen and oxygen atoms in total. The van der Waals surface area contributed by atoms with Crippen molar-refractivity contribution in [3.05, 3.63) is 46.7 Å². The van der Waals surface area contributed by atoms with Crippen molar-refractivity contribution in [1.82, 2.24) is 14.5 Å². The van der Waals surface area contributed by atoms with Gasteiger partial charge in [-0.05, 0) is 19.1 Å². The van der Waals surface area contributed by atoms with Crippen molar-refractivity contribution < 1.29 is 9.90 Å². The van der Waals surface area contributed by atoms with Crippen LogP contribution in [-0.2, 0) is 0 Å². The molecule has 19 heavy (non-hydrogen) atoms. The van der Waals surface area contributed by atoms with E-state index in [-0.39, 0.29) is 11.6 Å². The Bertz CT molecular complexity index is 734. The second kappa shape index (κ2) is 4.47. The average Bonchev–Trinajstić information content (AvgIpc) is 3.06. The van der Waals surface area contributed by atoms with Gasteiger partial charge in [-0.3, -0.25) is 0 Å². The van der Waals surface area contributed by atoms with E-state index in [1.54, 1.807) is 36.0 Å². The first-order valence-electron chi connectivity index (χ1n) is 5.76. The van der Waals surface area contributed by atoms with Gasteiger partial charge in [0.2, 0.25) is 0 Å². The Kier molecular flexibility index (Phi) is 2.79. The van der Waals surface area contributed by atoms with Gasteiger partial charge in [0.15, 0.2) is 0 Å². The monoisotopic (exact) mass is 273 g/mol. The Morgan fingerprint density at radius 3 is 2.95 bits per heavy atom. The number of nitrogens with zero attached hydrogens (tertiary/aromatic N) is 3. The Morgan fingerprint density at radius 1 is 1.42 bits per heavy atom. The lowest BCUT2D eigenvalue weighted by molar-refractivity contribution is 0.0698. The summed E-state index contributed by atoms with van der Waals surface area (Å²) in [6.07, 6.45) is 3.41. The lowest BCUT2D eigenvalue weighted by atomic mass is 10.1. The van der Waals surface area contributed by atoms with Gasteiger partial charge in [-0.1, -0.05) is 6.07 Å². The normalized spacial score (nSPS) is 12.7. The van der Waals surface area contributed by atoms with Crippen LogP contribution in [0, 0.1) is 0 Å². The van der Waals surface area contributed by atoms with Crippen LogP contribution in [0.4, 0.5) is 0 Å². The molecule has 3 aromatic rings. The number of rotatable bonds is 3. The van der Waals surface area contributed by atoms with Crippen LogP contribution < -0.4 is 0 Å². The third-order valence-corrected chi connectivity index (χ3v) is 4.00. The van der Waals surface area contributed by atoms with Crippen molar-refractivity contribution in [1.29, 1.82) is 0 Å². The number of aromatic nitrogens is 3. The summed E-state index contributed by atoms with van der Waals surface area (Å²) < 4.78 is 1.86. The quantitative estimate of drug-likeness (QED) is 0.796. The highest BCUT2D eigenvalue weighted by Gasteiger charge is 2.18. The molecule has 3 rings (SSSR count). The van der Waals surface area contributed by atoms with Gasteiger partial charge < -0.3 is 9.67 Å². The lowest BCUT2D eigenvalue weighted by Gasteiger charge is -2.12. The zero-order valence-corrected chi connectivity index (χ0v) is 11.0. The van der Waals surface area contributed by atoms with E-state index in [1.165, 1.54) is 0 Å². The van der Waals surface area contributed by atoms with Crippen molar-refractivity contribution in [3.8, 4) is 0 Å². The standard InChI is InChI=1S/C13H11N3O2S/c1-8(12-14-5-6-19-12)16-7-15-10-4-2-3-9(11(10)16)13(17)18/h2-8H,1H3,(H,17,18). The average molecular weight is 273 g/mol. The fourth-order valence-corrected chi connectivity index (χ4v) is 2.81. The highest BCUT2D eigenvalue weighted by Crippen LogP contribution is 2.26. The molecule has 0 spiro atoms. The number of hydrogen-bond donors (Lipinski definition) is 1. The first-order chi connectivity index (χ1) is 9.18. The number of thiazole rings is 1. The minimum Gasteiger partial charge on any atom is -0.478 e. The predicted octanol–water partition coefficient (Wildman–Crippen LogP) is 2.80. The van der Waals surface area contributed by atoms with Gasteiger partial charge >= 0.3 is 5.97 Å². The molecule has 2 heterocycles. The minimum absolute atomic E-state index is 0.0366. The van der Waals surface area contributed by atoms with Crippen molar-refractivity contribution in [2.45, 2.75) is 13.0 Å². The number of carboxylic acid groups (broad SMARTS) is 1. The van der Waals surface area contributed by atoms with E-state index in [4.69, 9.17) is 0 Å². The molecule has 1 N–H and O–H groups in total. The van der Waals surface area contributed by atoms with Crippen molar-refractivity contribution in [3.63, 3.8) is 0 Å². The fourth-order valence-electron chi connectivity index (χ4n) is 2.12. The van der Waals surface area contributed by atoms with Gasteiger partial charge in [0.05, 0.1) is 29.0 Å². The molecule has 0 saturated heterocycles. The highest BCUT2D eigenvalue weighted by molar-refractivity contribution is 7.09. The number of para-hydroxylation sites is 1. The summed E-state index contributed by atoms with van der Waals surface area (Å²) in [4.78, 5) is 19.9. The molecule has 0 radical (unpaired) electrons.